The lowest BCUT2D eigenvalue weighted by atomic mass is 10.1. The summed E-state index contributed by atoms with van der Waals surface area (Å²) in [6.07, 6.45) is -0.667. The first kappa shape index (κ1) is 18.9. The van der Waals surface area contributed by atoms with Gasteiger partial charge in [0.25, 0.3) is 10.0 Å². The number of esters is 2. The maximum Gasteiger partial charge on any atom is 0.347 e. The van der Waals surface area contributed by atoms with Crippen LogP contribution in [0.3, 0.4) is 0 Å². The molecule has 1 unspecified atom stereocenters. The van der Waals surface area contributed by atoms with Crippen molar-refractivity contribution in [3.05, 3.63) is 59.2 Å². The average Bonchev–Trinajstić information content (AvgIpc) is 3.01. The van der Waals surface area contributed by atoms with Gasteiger partial charge in [0.1, 0.15) is 0 Å². The lowest BCUT2D eigenvalue weighted by molar-refractivity contribution is -0.145. The Morgan fingerprint density at radius 1 is 1.15 bits per heavy atom. The fourth-order valence-corrected chi connectivity index (χ4v) is 3.69. The van der Waals surface area contributed by atoms with E-state index in [1.807, 2.05) is 6.92 Å². The minimum absolute atomic E-state index is 0.0744. The number of cyclic esters (lactones) is 1. The number of carbonyl (C=O) groups is 2. The fourth-order valence-electron chi connectivity index (χ4n) is 2.60. The molecule has 1 atom stereocenters. The molecule has 7 nitrogen and oxygen atoms in total. The second-order valence-electron chi connectivity index (χ2n) is 6.30. The van der Waals surface area contributed by atoms with Gasteiger partial charge in [-0.15, -0.1) is 0 Å². The van der Waals surface area contributed by atoms with Crippen LogP contribution in [0.1, 0.15) is 27.9 Å². The average molecular weight is 389 g/mol. The van der Waals surface area contributed by atoms with Gasteiger partial charge in [-0.05, 0) is 43.7 Å². The van der Waals surface area contributed by atoms with E-state index in [-0.39, 0.29) is 23.5 Å². The predicted octanol–water partition coefficient (Wildman–Crippen LogP) is 2.58. The summed E-state index contributed by atoms with van der Waals surface area (Å²) in [5.41, 5.74) is 2.05. The zero-order chi connectivity index (χ0) is 19.6. The number of hydrogen-bond donors (Lipinski definition) is 1. The minimum atomic E-state index is -3.89. The van der Waals surface area contributed by atoms with Crippen LogP contribution in [0.25, 0.3) is 0 Å². The summed E-state index contributed by atoms with van der Waals surface area (Å²) >= 11 is 0. The van der Waals surface area contributed by atoms with E-state index in [1.54, 1.807) is 31.2 Å². The Morgan fingerprint density at radius 2 is 1.85 bits per heavy atom. The van der Waals surface area contributed by atoms with Crippen molar-refractivity contribution in [2.45, 2.75) is 31.3 Å². The van der Waals surface area contributed by atoms with Crippen LogP contribution < -0.4 is 4.72 Å². The van der Waals surface area contributed by atoms with E-state index < -0.39 is 28.1 Å². The zero-order valence-electron chi connectivity index (χ0n) is 14.9. The molecular weight excluding hydrogens is 370 g/mol. The van der Waals surface area contributed by atoms with Gasteiger partial charge in [-0.25, -0.2) is 18.0 Å². The topological polar surface area (TPSA) is 98.8 Å². The lowest BCUT2D eigenvalue weighted by Gasteiger charge is -2.13. The van der Waals surface area contributed by atoms with Gasteiger partial charge in [0.2, 0.25) is 6.10 Å². The molecule has 1 heterocycles. The van der Waals surface area contributed by atoms with Crippen molar-refractivity contribution in [1.82, 2.24) is 0 Å². The molecule has 2 aromatic rings. The van der Waals surface area contributed by atoms with Crippen molar-refractivity contribution < 1.29 is 27.5 Å². The number of sulfonamides is 1. The Balaban J connectivity index is 1.84. The number of ether oxygens (including phenoxy) is 2. The van der Waals surface area contributed by atoms with Gasteiger partial charge < -0.3 is 9.47 Å². The van der Waals surface area contributed by atoms with Crippen molar-refractivity contribution >= 4 is 27.6 Å². The van der Waals surface area contributed by atoms with E-state index in [4.69, 9.17) is 9.47 Å². The molecule has 0 amide bonds. The van der Waals surface area contributed by atoms with E-state index in [2.05, 4.69) is 4.72 Å². The van der Waals surface area contributed by atoms with E-state index in [9.17, 15) is 18.0 Å². The number of nitrogens with one attached hydrogen (secondary N) is 1. The van der Waals surface area contributed by atoms with Crippen LogP contribution in [0.5, 0.6) is 0 Å². The Kier molecular flexibility index (Phi) is 5.18. The van der Waals surface area contributed by atoms with Crippen LogP contribution in [0.2, 0.25) is 0 Å². The second-order valence-corrected chi connectivity index (χ2v) is 7.98. The molecule has 1 fully saturated rings. The summed E-state index contributed by atoms with van der Waals surface area (Å²) in [5.74, 6) is -1.35. The number of aryl methyl sites for hydroxylation is 2. The largest absolute Gasteiger partial charge is 0.463 e. The minimum Gasteiger partial charge on any atom is -0.463 e. The predicted molar refractivity (Wildman–Crippen MR) is 97.9 cm³/mol. The number of rotatable bonds is 5. The molecule has 0 aliphatic carbocycles. The van der Waals surface area contributed by atoms with Gasteiger partial charge in [-0.2, -0.15) is 0 Å². The fraction of sp³-hybridized carbons (Fsp3) is 0.263. The maximum absolute atomic E-state index is 12.6. The molecule has 2 aromatic carbocycles. The third-order valence-corrected chi connectivity index (χ3v) is 5.56. The second kappa shape index (κ2) is 7.40. The van der Waals surface area contributed by atoms with Crippen LogP contribution in [0.4, 0.5) is 5.69 Å². The van der Waals surface area contributed by atoms with Crippen LogP contribution in [-0.4, -0.2) is 33.1 Å². The molecule has 0 aromatic heterocycles. The van der Waals surface area contributed by atoms with Crippen molar-refractivity contribution in [2.24, 2.45) is 0 Å². The van der Waals surface area contributed by atoms with Crippen LogP contribution in [0.15, 0.2) is 47.4 Å². The molecule has 1 aliphatic rings. The van der Waals surface area contributed by atoms with Gasteiger partial charge in [-0.3, -0.25) is 4.72 Å². The summed E-state index contributed by atoms with van der Waals surface area (Å²) in [7, 11) is -3.89. The zero-order valence-corrected chi connectivity index (χ0v) is 15.7. The molecule has 27 heavy (non-hydrogen) atoms. The van der Waals surface area contributed by atoms with Gasteiger partial charge in [0.05, 0.1) is 17.1 Å². The van der Waals surface area contributed by atoms with Crippen LogP contribution in [-0.2, 0) is 24.3 Å². The Bertz CT molecular complexity index is 982. The van der Waals surface area contributed by atoms with E-state index in [0.717, 1.165) is 5.56 Å². The van der Waals surface area contributed by atoms with Crippen LogP contribution in [0, 0.1) is 13.8 Å². The quantitative estimate of drug-likeness (QED) is 0.789. The van der Waals surface area contributed by atoms with Gasteiger partial charge in [0, 0.05) is 12.1 Å². The summed E-state index contributed by atoms with van der Waals surface area (Å²) in [4.78, 5) is 23.8. The molecular formula is C19H19NO6S. The van der Waals surface area contributed by atoms with Crippen LogP contribution >= 0.6 is 0 Å². The molecule has 3 rings (SSSR count). The summed E-state index contributed by atoms with van der Waals surface area (Å²) in [6, 6.07) is 11.1. The Hall–Kier alpha value is -2.87. The van der Waals surface area contributed by atoms with E-state index >= 15 is 0 Å². The molecule has 8 heteroatoms. The monoisotopic (exact) mass is 389 g/mol. The molecule has 1 N–H and O–H groups in total. The van der Waals surface area contributed by atoms with Gasteiger partial charge >= 0.3 is 11.9 Å². The molecule has 142 valence electrons. The molecule has 0 spiro atoms. The Morgan fingerprint density at radius 3 is 2.48 bits per heavy atom. The maximum atomic E-state index is 12.6. The summed E-state index contributed by atoms with van der Waals surface area (Å²) in [5, 5.41) is 0. The first-order chi connectivity index (χ1) is 12.8. The number of anilines is 1. The van der Waals surface area contributed by atoms with E-state index in [1.165, 1.54) is 18.2 Å². The summed E-state index contributed by atoms with van der Waals surface area (Å²) < 4.78 is 37.7. The smallest absolute Gasteiger partial charge is 0.347 e. The van der Waals surface area contributed by atoms with E-state index in [0.29, 0.717) is 11.3 Å². The standard InChI is InChI=1S/C19H19NO6S/c1-12-3-6-14(7-4-12)20-27(23,24)15-8-5-13(2)16(11-15)18(21)26-17-9-10-25-19(17)22/h3-8,11,17,20H,9-10H2,1-2H3. The van der Waals surface area contributed by atoms with Crippen molar-refractivity contribution in [3.8, 4) is 0 Å². The highest BCUT2D eigenvalue weighted by Crippen LogP contribution is 2.21. The molecule has 0 bridgehead atoms. The highest BCUT2D eigenvalue weighted by Gasteiger charge is 2.31. The lowest BCUT2D eigenvalue weighted by Crippen LogP contribution is -2.23. The number of hydrogen-bond acceptors (Lipinski definition) is 6. The first-order valence-electron chi connectivity index (χ1n) is 8.34. The molecule has 0 radical (unpaired) electrons. The van der Waals surface area contributed by atoms with Crippen molar-refractivity contribution in [3.63, 3.8) is 0 Å². The number of benzene rings is 2. The third-order valence-electron chi connectivity index (χ3n) is 4.18. The molecule has 1 aliphatic heterocycles. The first-order valence-corrected chi connectivity index (χ1v) is 9.82. The SMILES string of the molecule is Cc1ccc(NS(=O)(=O)c2ccc(C)c(C(=O)OC3CCOC3=O)c2)cc1. The highest BCUT2D eigenvalue weighted by molar-refractivity contribution is 7.92. The van der Waals surface area contributed by atoms with Crippen molar-refractivity contribution in [2.75, 3.05) is 11.3 Å². The summed E-state index contributed by atoms with van der Waals surface area (Å²) in [6.45, 7) is 3.76. The number of carbonyl (C=O) groups excluding carboxylic acids is 2. The third kappa shape index (κ3) is 4.28. The Labute approximate surface area is 157 Å². The highest BCUT2D eigenvalue weighted by atomic mass is 32.2. The van der Waals surface area contributed by atoms with Gasteiger partial charge in [0.15, 0.2) is 0 Å². The molecule has 0 saturated carbocycles. The van der Waals surface area contributed by atoms with Crippen molar-refractivity contribution in [1.29, 1.82) is 0 Å². The molecule has 1 saturated heterocycles. The normalized spacial score (nSPS) is 16.7. The van der Waals surface area contributed by atoms with Gasteiger partial charge in [-0.1, -0.05) is 23.8 Å².